The summed E-state index contributed by atoms with van der Waals surface area (Å²) in [6, 6.07) is 0.769. The van der Waals surface area contributed by atoms with Gasteiger partial charge in [-0.2, -0.15) is 0 Å². The van der Waals surface area contributed by atoms with Crippen molar-refractivity contribution in [2.75, 3.05) is 14.2 Å². The fourth-order valence-electron chi connectivity index (χ4n) is 2.25. The van der Waals surface area contributed by atoms with E-state index in [0.29, 0.717) is 0 Å². The Morgan fingerprint density at radius 2 is 2.07 bits per heavy atom. The van der Waals surface area contributed by atoms with Crippen LogP contribution in [0.25, 0.3) is 0 Å². The van der Waals surface area contributed by atoms with Gasteiger partial charge in [-0.1, -0.05) is 0 Å². The second-order valence-corrected chi connectivity index (χ2v) is 5.17. The van der Waals surface area contributed by atoms with E-state index in [1.54, 1.807) is 0 Å². The fourth-order valence-corrected chi connectivity index (χ4v) is 2.25. The molecule has 0 aromatic carbocycles. The maximum Gasteiger partial charge on any atom is 0.0622 e. The molecule has 14 heavy (non-hydrogen) atoms. The standard InChI is InChI=1S/C12H25NO/c1-12(2,14-4)8-7-10-5-6-11(9-10)13-3/h10-11,13H,5-9H2,1-4H3. The Hall–Kier alpha value is -0.0800. The Balaban J connectivity index is 2.20. The molecule has 1 saturated carbocycles. The van der Waals surface area contributed by atoms with Crippen LogP contribution in [0.2, 0.25) is 0 Å². The zero-order chi connectivity index (χ0) is 10.6. The maximum absolute atomic E-state index is 5.44. The topological polar surface area (TPSA) is 21.3 Å². The Labute approximate surface area is 88.4 Å². The highest BCUT2D eigenvalue weighted by Crippen LogP contribution is 2.31. The molecule has 1 aliphatic rings. The lowest BCUT2D eigenvalue weighted by Crippen LogP contribution is -2.24. The summed E-state index contributed by atoms with van der Waals surface area (Å²) in [5, 5.41) is 3.37. The molecule has 1 aliphatic carbocycles. The predicted octanol–water partition coefficient (Wildman–Crippen LogP) is 2.58. The average Bonchev–Trinajstić information content (AvgIpc) is 2.63. The van der Waals surface area contributed by atoms with Crippen LogP contribution in [-0.2, 0) is 4.74 Å². The molecule has 2 nitrogen and oxygen atoms in total. The van der Waals surface area contributed by atoms with Gasteiger partial charge in [0, 0.05) is 13.2 Å². The van der Waals surface area contributed by atoms with Gasteiger partial charge < -0.3 is 10.1 Å². The van der Waals surface area contributed by atoms with Gasteiger partial charge in [-0.05, 0) is 58.9 Å². The third-order valence-corrected chi connectivity index (χ3v) is 3.66. The highest BCUT2D eigenvalue weighted by molar-refractivity contribution is 4.81. The molecule has 1 N–H and O–H groups in total. The zero-order valence-corrected chi connectivity index (χ0v) is 10.1. The summed E-state index contributed by atoms with van der Waals surface area (Å²) in [4.78, 5) is 0. The number of ether oxygens (including phenoxy) is 1. The lowest BCUT2D eigenvalue weighted by molar-refractivity contribution is 0.0105. The molecule has 0 amide bonds. The molecule has 2 unspecified atom stereocenters. The first-order valence-corrected chi connectivity index (χ1v) is 5.80. The van der Waals surface area contributed by atoms with Crippen molar-refractivity contribution >= 4 is 0 Å². The third-order valence-electron chi connectivity index (χ3n) is 3.66. The van der Waals surface area contributed by atoms with Crippen molar-refractivity contribution in [3.8, 4) is 0 Å². The largest absolute Gasteiger partial charge is 0.379 e. The number of nitrogens with one attached hydrogen (secondary N) is 1. The lowest BCUT2D eigenvalue weighted by Gasteiger charge is -2.24. The lowest BCUT2D eigenvalue weighted by atomic mass is 9.94. The molecule has 84 valence electrons. The molecular weight excluding hydrogens is 174 g/mol. The first-order valence-electron chi connectivity index (χ1n) is 5.80. The monoisotopic (exact) mass is 199 g/mol. The normalized spacial score (nSPS) is 28.3. The van der Waals surface area contributed by atoms with Gasteiger partial charge >= 0.3 is 0 Å². The van der Waals surface area contributed by atoms with Crippen LogP contribution in [0.3, 0.4) is 0 Å². The third kappa shape index (κ3) is 3.58. The summed E-state index contributed by atoms with van der Waals surface area (Å²) < 4.78 is 5.44. The van der Waals surface area contributed by atoms with E-state index in [-0.39, 0.29) is 5.60 Å². The number of hydrogen-bond donors (Lipinski definition) is 1. The van der Waals surface area contributed by atoms with Gasteiger partial charge in [-0.3, -0.25) is 0 Å². The minimum atomic E-state index is 0.0672. The minimum Gasteiger partial charge on any atom is -0.379 e. The molecule has 0 radical (unpaired) electrons. The molecule has 1 fully saturated rings. The quantitative estimate of drug-likeness (QED) is 0.735. The summed E-state index contributed by atoms with van der Waals surface area (Å²) >= 11 is 0. The molecule has 0 aromatic heterocycles. The van der Waals surface area contributed by atoms with E-state index in [1.165, 1.54) is 32.1 Å². The van der Waals surface area contributed by atoms with Crippen LogP contribution in [0, 0.1) is 5.92 Å². The molecule has 0 aromatic rings. The molecule has 0 spiro atoms. The van der Waals surface area contributed by atoms with E-state index in [1.807, 2.05) is 7.11 Å². The van der Waals surface area contributed by atoms with E-state index in [2.05, 4.69) is 26.2 Å². The van der Waals surface area contributed by atoms with Gasteiger partial charge in [-0.25, -0.2) is 0 Å². The van der Waals surface area contributed by atoms with Crippen LogP contribution in [0.5, 0.6) is 0 Å². The number of rotatable bonds is 5. The van der Waals surface area contributed by atoms with E-state index >= 15 is 0 Å². The van der Waals surface area contributed by atoms with Gasteiger partial charge in [0.25, 0.3) is 0 Å². The molecular formula is C12H25NO. The first-order chi connectivity index (χ1) is 6.57. The Bertz CT molecular complexity index is 168. The van der Waals surface area contributed by atoms with Gasteiger partial charge in [0.1, 0.15) is 0 Å². The van der Waals surface area contributed by atoms with Crippen molar-refractivity contribution in [3.05, 3.63) is 0 Å². The summed E-state index contributed by atoms with van der Waals surface area (Å²) in [5.41, 5.74) is 0.0672. The summed E-state index contributed by atoms with van der Waals surface area (Å²) in [5.74, 6) is 0.918. The number of hydrogen-bond acceptors (Lipinski definition) is 2. The molecule has 0 aliphatic heterocycles. The van der Waals surface area contributed by atoms with E-state index in [0.717, 1.165) is 12.0 Å². The highest BCUT2D eigenvalue weighted by Gasteiger charge is 2.25. The van der Waals surface area contributed by atoms with Gasteiger partial charge in [-0.15, -0.1) is 0 Å². The van der Waals surface area contributed by atoms with Crippen LogP contribution >= 0.6 is 0 Å². The Kier molecular flexibility index (Phi) is 4.39. The van der Waals surface area contributed by atoms with E-state index in [9.17, 15) is 0 Å². The van der Waals surface area contributed by atoms with Crippen LogP contribution < -0.4 is 5.32 Å². The highest BCUT2D eigenvalue weighted by atomic mass is 16.5. The fraction of sp³-hybridized carbons (Fsp3) is 1.00. The second kappa shape index (κ2) is 5.13. The average molecular weight is 199 g/mol. The predicted molar refractivity (Wildman–Crippen MR) is 60.5 cm³/mol. The molecule has 2 heteroatoms. The summed E-state index contributed by atoms with van der Waals surface area (Å²) in [6.07, 6.45) is 6.61. The van der Waals surface area contributed by atoms with Gasteiger partial charge in [0.05, 0.1) is 5.60 Å². The van der Waals surface area contributed by atoms with Crippen molar-refractivity contribution in [3.63, 3.8) is 0 Å². The molecule has 0 heterocycles. The smallest absolute Gasteiger partial charge is 0.0622 e. The van der Waals surface area contributed by atoms with Crippen LogP contribution in [-0.4, -0.2) is 25.8 Å². The van der Waals surface area contributed by atoms with Crippen molar-refractivity contribution in [2.24, 2.45) is 5.92 Å². The molecule has 1 rings (SSSR count). The molecule has 2 atom stereocenters. The Morgan fingerprint density at radius 3 is 2.57 bits per heavy atom. The van der Waals surface area contributed by atoms with Crippen molar-refractivity contribution in [1.29, 1.82) is 0 Å². The summed E-state index contributed by atoms with van der Waals surface area (Å²) in [6.45, 7) is 4.36. The SMILES string of the molecule is CNC1CCC(CCC(C)(C)OC)C1. The van der Waals surface area contributed by atoms with Crippen LogP contribution in [0.15, 0.2) is 0 Å². The van der Waals surface area contributed by atoms with E-state index in [4.69, 9.17) is 4.74 Å². The number of methoxy groups -OCH3 is 1. The van der Waals surface area contributed by atoms with Crippen LogP contribution in [0.1, 0.15) is 46.0 Å². The second-order valence-electron chi connectivity index (χ2n) is 5.17. The van der Waals surface area contributed by atoms with Gasteiger partial charge in [0.15, 0.2) is 0 Å². The molecule has 0 saturated heterocycles. The Morgan fingerprint density at radius 1 is 1.36 bits per heavy atom. The first kappa shape index (κ1) is 12.0. The van der Waals surface area contributed by atoms with Crippen LogP contribution in [0.4, 0.5) is 0 Å². The van der Waals surface area contributed by atoms with Crippen molar-refractivity contribution in [2.45, 2.75) is 57.6 Å². The maximum atomic E-state index is 5.44. The summed E-state index contributed by atoms with van der Waals surface area (Å²) in [7, 11) is 3.89. The van der Waals surface area contributed by atoms with Gasteiger partial charge in [0.2, 0.25) is 0 Å². The van der Waals surface area contributed by atoms with Crippen molar-refractivity contribution < 1.29 is 4.74 Å². The van der Waals surface area contributed by atoms with Crippen molar-refractivity contribution in [1.82, 2.24) is 5.32 Å². The minimum absolute atomic E-state index is 0.0672. The van der Waals surface area contributed by atoms with E-state index < -0.39 is 0 Å². The zero-order valence-electron chi connectivity index (χ0n) is 10.1. The molecule has 0 bridgehead atoms.